The standard InChI is InChI=1S/C26H44O2Si.C25H40O2Si.CH3.BrH.Mg/c1-16-13-17-14-25(7,27)15-19(17)26(8)12-11-18-20(24(18,5)6)21(26)22(16)28-29(9,10)23(2,3)4;1-15-12-16-13-17(26)14-19(16)25(7)11-10-18-20(24(18,5)6)21(25)22(15)27-28(8,9)23(2,3)4;;;/h13,15-16,18,20-22,27H,11-12,14H2,1-10H3;12,14-15,18,20-22H,10-11,13H2,1-9H3;1H3;1H;/q;;-1;;+2/p-1/t16-,18-,20-,21-,22-,25+,26-;15-,18-,20-,21-,22-,25-;;;/m11.../s1. The second kappa shape index (κ2) is 16.2. The van der Waals surface area contributed by atoms with Crippen molar-refractivity contribution in [3.05, 3.63) is 54.0 Å². The molecule has 13 atom stereocenters. The Labute approximate surface area is 398 Å². The van der Waals surface area contributed by atoms with Gasteiger partial charge in [-0.1, -0.05) is 109 Å². The Bertz CT molecular complexity index is 1810. The molecule has 8 aliphatic carbocycles. The van der Waals surface area contributed by atoms with Gasteiger partial charge in [0.2, 0.25) is 0 Å². The largest absolute Gasteiger partial charge is 2.00 e. The minimum atomic E-state index is -1.89. The van der Waals surface area contributed by atoms with Crippen LogP contribution in [0.4, 0.5) is 0 Å². The maximum Gasteiger partial charge on any atom is 2.00 e. The fourth-order valence-electron chi connectivity index (χ4n) is 13.7. The van der Waals surface area contributed by atoms with Gasteiger partial charge in [-0.15, -0.1) is 0 Å². The maximum atomic E-state index is 12.4. The molecule has 4 nitrogen and oxygen atoms in total. The average Bonchev–Trinajstić information content (AvgIpc) is 3.64. The van der Waals surface area contributed by atoms with E-state index in [1.807, 2.05) is 13.0 Å². The van der Waals surface area contributed by atoms with Gasteiger partial charge in [0.15, 0.2) is 22.4 Å². The van der Waals surface area contributed by atoms with Crippen LogP contribution in [0.1, 0.15) is 142 Å². The molecule has 0 spiro atoms. The molecule has 0 bridgehead atoms. The summed E-state index contributed by atoms with van der Waals surface area (Å²) in [6, 6.07) is 0. The number of carbonyl (C=O) groups excluding carboxylic acids is 1. The molecule has 60 heavy (non-hydrogen) atoms. The van der Waals surface area contributed by atoms with Crippen LogP contribution in [0.5, 0.6) is 0 Å². The van der Waals surface area contributed by atoms with Crippen LogP contribution >= 0.6 is 0 Å². The molecule has 8 heteroatoms. The van der Waals surface area contributed by atoms with Crippen molar-refractivity contribution in [3.8, 4) is 0 Å². The van der Waals surface area contributed by atoms with Crippen molar-refractivity contribution in [3.63, 3.8) is 0 Å². The molecule has 4 fully saturated rings. The van der Waals surface area contributed by atoms with Crippen LogP contribution in [0.3, 0.4) is 0 Å². The van der Waals surface area contributed by atoms with E-state index < -0.39 is 22.2 Å². The summed E-state index contributed by atoms with van der Waals surface area (Å²) in [7, 11) is -3.77. The van der Waals surface area contributed by atoms with Crippen molar-refractivity contribution in [1.29, 1.82) is 0 Å². The molecule has 0 aromatic rings. The zero-order valence-corrected chi connectivity index (χ0v) is 47.1. The Morgan fingerprint density at radius 2 is 1.05 bits per heavy atom. The van der Waals surface area contributed by atoms with Crippen LogP contribution in [-0.4, -0.2) is 68.4 Å². The summed E-state index contributed by atoms with van der Waals surface area (Å²) in [6.07, 6.45) is 16.0. The third-order valence-electron chi connectivity index (χ3n) is 19.2. The molecule has 0 aliphatic heterocycles. The van der Waals surface area contributed by atoms with Crippen molar-refractivity contribution in [2.24, 2.45) is 69.0 Å². The van der Waals surface area contributed by atoms with Crippen molar-refractivity contribution in [2.45, 2.75) is 196 Å². The molecular formula is C52H87BrMgO4Si2. The second-order valence-corrected chi connectivity index (χ2v) is 35.5. The van der Waals surface area contributed by atoms with E-state index in [9.17, 15) is 9.90 Å². The number of hydrogen-bond acceptors (Lipinski definition) is 4. The Hall–Kier alpha value is 0.190. The summed E-state index contributed by atoms with van der Waals surface area (Å²) in [4.78, 5) is 12.4. The first-order chi connectivity index (χ1) is 25.7. The summed E-state index contributed by atoms with van der Waals surface area (Å²) in [5.41, 5.74) is 5.82. The second-order valence-electron chi connectivity index (χ2n) is 26.0. The van der Waals surface area contributed by atoms with Gasteiger partial charge in [-0.25, -0.2) is 0 Å². The molecule has 336 valence electrons. The van der Waals surface area contributed by atoms with Gasteiger partial charge in [0.05, 0.1) is 17.8 Å². The van der Waals surface area contributed by atoms with E-state index >= 15 is 0 Å². The van der Waals surface area contributed by atoms with Crippen molar-refractivity contribution in [1.82, 2.24) is 0 Å². The fourth-order valence-corrected chi connectivity index (χ4v) is 16.4. The molecule has 0 amide bonds. The van der Waals surface area contributed by atoms with Gasteiger partial charge < -0.3 is 38.4 Å². The predicted octanol–water partition coefficient (Wildman–Crippen LogP) is 10.3. The van der Waals surface area contributed by atoms with E-state index in [2.05, 4.69) is 141 Å². The number of aliphatic hydroxyl groups is 1. The zero-order chi connectivity index (χ0) is 42.6. The van der Waals surface area contributed by atoms with E-state index in [1.165, 1.54) is 48.0 Å². The smallest absolute Gasteiger partial charge is 1.00 e. The Morgan fingerprint density at radius 1 is 0.667 bits per heavy atom. The van der Waals surface area contributed by atoms with Crippen LogP contribution in [0.15, 0.2) is 46.6 Å². The van der Waals surface area contributed by atoms with Crippen LogP contribution in [-0.2, 0) is 13.6 Å². The molecular weight excluding hydrogens is 849 g/mol. The third kappa shape index (κ3) is 8.44. The van der Waals surface area contributed by atoms with Gasteiger partial charge in [-0.3, -0.25) is 4.79 Å². The number of ketones is 1. The Morgan fingerprint density at radius 3 is 1.45 bits per heavy atom. The van der Waals surface area contributed by atoms with E-state index in [0.29, 0.717) is 52.6 Å². The first-order valence-corrected chi connectivity index (χ1v) is 29.0. The van der Waals surface area contributed by atoms with Crippen molar-refractivity contribution < 1.29 is 35.7 Å². The molecule has 0 saturated heterocycles. The van der Waals surface area contributed by atoms with Crippen molar-refractivity contribution >= 4 is 45.5 Å². The molecule has 0 heterocycles. The summed E-state index contributed by atoms with van der Waals surface area (Å²) in [6.45, 7) is 45.3. The van der Waals surface area contributed by atoms with Gasteiger partial charge >= 0.3 is 23.1 Å². The first-order valence-electron chi connectivity index (χ1n) is 23.2. The van der Waals surface area contributed by atoms with E-state index in [1.54, 1.807) is 0 Å². The Balaban J connectivity index is 0.000000252. The SMILES string of the molecule is C[C@@H]1C=C2CC(=O)C=C2[C@@]2(C)CC[C@@H]3[C@H]([C@@H]2[C@@H]1O[Si](C)(C)C(C)(C)C)C3(C)C.C[C@@H]1C=C2C[C@](C)(O)C=C2[C@@]2(C)CC[C@@H]3[C@H]([C@@H]2[C@@H]1O[Si](C)(C)C(C)(C)C)C3(C)C.[Br-].[CH3-].[Mg+2]. The average molecular weight is 937 g/mol. The molecule has 8 aliphatic rings. The van der Waals surface area contributed by atoms with Crippen LogP contribution in [0.2, 0.25) is 36.3 Å². The summed E-state index contributed by atoms with van der Waals surface area (Å²) >= 11 is 0. The van der Waals surface area contributed by atoms with Crippen molar-refractivity contribution in [2.75, 3.05) is 0 Å². The number of allylic oxidation sites excluding steroid dienone is 4. The molecule has 4 saturated carbocycles. The zero-order valence-electron chi connectivity index (χ0n) is 42.1. The molecule has 0 aromatic carbocycles. The number of fused-ring (bicyclic) bond motifs is 10. The van der Waals surface area contributed by atoms with Gasteiger partial charge in [-0.05, 0) is 172 Å². The molecule has 0 unspecified atom stereocenters. The number of hydrogen-bond donors (Lipinski definition) is 1. The molecule has 0 radical (unpaired) electrons. The van der Waals surface area contributed by atoms with Gasteiger partial charge in [0.1, 0.15) is 0 Å². The Kier molecular flexibility index (Phi) is 14.3. The van der Waals surface area contributed by atoms with Gasteiger partial charge in [-0.2, -0.15) is 0 Å². The fraction of sp³-hybridized carbons (Fsp3) is 0.808. The van der Waals surface area contributed by atoms with Crippen LogP contribution < -0.4 is 17.0 Å². The van der Waals surface area contributed by atoms with Crippen LogP contribution in [0, 0.1) is 76.4 Å². The van der Waals surface area contributed by atoms with E-state index in [-0.39, 0.29) is 80.6 Å². The topological polar surface area (TPSA) is 55.8 Å². The maximum absolute atomic E-state index is 12.4. The summed E-state index contributed by atoms with van der Waals surface area (Å²) in [5, 5.41) is 11.3. The van der Waals surface area contributed by atoms with E-state index in [4.69, 9.17) is 8.85 Å². The monoisotopic (exact) mass is 935 g/mol. The predicted molar refractivity (Wildman–Crippen MR) is 255 cm³/mol. The normalized spacial score (nSPS) is 41.9. The molecule has 8 rings (SSSR count). The minimum Gasteiger partial charge on any atom is -1.00 e. The van der Waals surface area contributed by atoms with Gasteiger partial charge in [0.25, 0.3) is 0 Å². The third-order valence-corrected chi connectivity index (χ3v) is 28.2. The quantitative estimate of drug-likeness (QED) is 0.225. The number of halogens is 1. The van der Waals surface area contributed by atoms with E-state index in [0.717, 1.165) is 24.2 Å². The summed E-state index contributed by atoms with van der Waals surface area (Å²) < 4.78 is 14.5. The number of carbonyl (C=O) groups is 1. The minimum absolute atomic E-state index is 0. The first kappa shape index (κ1) is 52.8. The summed E-state index contributed by atoms with van der Waals surface area (Å²) in [5.74, 6) is 5.20. The van der Waals surface area contributed by atoms with Crippen LogP contribution in [0.25, 0.3) is 0 Å². The van der Waals surface area contributed by atoms with Gasteiger partial charge in [0, 0.05) is 12.8 Å². The molecule has 1 N–H and O–H groups in total. The number of rotatable bonds is 4. The molecule has 0 aromatic heterocycles.